The molecule has 0 radical (unpaired) electrons. The summed E-state index contributed by atoms with van der Waals surface area (Å²) < 4.78 is 6.09. The molecule has 0 bridgehead atoms. The molecule has 146 valence electrons. The lowest BCUT2D eigenvalue weighted by molar-refractivity contribution is -0.634. The van der Waals surface area contributed by atoms with E-state index in [9.17, 15) is 0 Å². The van der Waals surface area contributed by atoms with Crippen molar-refractivity contribution >= 4 is 32.6 Å². The van der Waals surface area contributed by atoms with E-state index in [0.717, 1.165) is 11.9 Å². The van der Waals surface area contributed by atoms with E-state index in [1.54, 1.807) is 0 Å². The SMILES string of the molecule is Cc1ccc2sc(CC(C)C)nc2c1-c1n(C(C)(C)C)c2ccccc2[n+]1C. The molecule has 0 aliphatic rings. The van der Waals surface area contributed by atoms with Gasteiger partial charge in [0.2, 0.25) is 0 Å². The van der Waals surface area contributed by atoms with Crippen LogP contribution in [0.25, 0.3) is 32.6 Å². The number of aromatic nitrogens is 3. The largest absolute Gasteiger partial charge is 0.292 e. The number of para-hydroxylation sites is 2. The predicted molar refractivity (Wildman–Crippen MR) is 120 cm³/mol. The van der Waals surface area contributed by atoms with Crippen LogP contribution >= 0.6 is 11.3 Å². The van der Waals surface area contributed by atoms with Crippen LogP contribution in [0.4, 0.5) is 0 Å². The maximum atomic E-state index is 5.12. The second-order valence-electron chi connectivity index (χ2n) is 9.19. The van der Waals surface area contributed by atoms with Gasteiger partial charge in [-0.3, -0.25) is 0 Å². The molecule has 0 unspecified atom stereocenters. The average molecular weight is 393 g/mol. The molecule has 4 rings (SSSR count). The van der Waals surface area contributed by atoms with Crippen molar-refractivity contribution in [3.8, 4) is 11.4 Å². The molecular weight excluding hydrogens is 362 g/mol. The van der Waals surface area contributed by atoms with E-state index in [1.807, 2.05) is 11.3 Å². The van der Waals surface area contributed by atoms with Crippen molar-refractivity contribution in [2.24, 2.45) is 13.0 Å². The van der Waals surface area contributed by atoms with Crippen LogP contribution in [-0.2, 0) is 19.0 Å². The van der Waals surface area contributed by atoms with Crippen LogP contribution in [0.5, 0.6) is 0 Å². The molecule has 0 atom stereocenters. The molecule has 2 heterocycles. The zero-order chi connectivity index (χ0) is 20.2. The number of nitrogens with zero attached hydrogens (tertiary/aromatic N) is 3. The van der Waals surface area contributed by atoms with Crippen molar-refractivity contribution in [1.82, 2.24) is 9.55 Å². The first kappa shape index (κ1) is 19.1. The fraction of sp³-hybridized carbons (Fsp3) is 0.417. The van der Waals surface area contributed by atoms with E-state index in [0.29, 0.717) is 5.92 Å². The second kappa shape index (κ2) is 6.70. The number of hydrogen-bond acceptors (Lipinski definition) is 2. The molecule has 3 nitrogen and oxygen atoms in total. The predicted octanol–water partition coefficient (Wildman–Crippen LogP) is 6.00. The van der Waals surface area contributed by atoms with Gasteiger partial charge in [-0.2, -0.15) is 0 Å². The van der Waals surface area contributed by atoms with Crippen LogP contribution in [0.15, 0.2) is 36.4 Å². The Balaban J connectivity index is 2.11. The molecule has 0 spiro atoms. The van der Waals surface area contributed by atoms with Crippen molar-refractivity contribution < 1.29 is 4.57 Å². The number of benzene rings is 2. The minimum Gasteiger partial charge on any atom is -0.240 e. The smallest absolute Gasteiger partial charge is 0.240 e. The fourth-order valence-electron chi connectivity index (χ4n) is 4.13. The Labute approximate surface area is 171 Å². The van der Waals surface area contributed by atoms with Crippen LogP contribution in [0.3, 0.4) is 0 Å². The number of hydrogen-bond donors (Lipinski definition) is 0. The lowest BCUT2D eigenvalue weighted by atomic mass is 10.0. The van der Waals surface area contributed by atoms with Crippen LogP contribution < -0.4 is 4.57 Å². The van der Waals surface area contributed by atoms with Crippen LogP contribution in [0.1, 0.15) is 45.2 Å². The topological polar surface area (TPSA) is 21.7 Å². The third-order valence-electron chi connectivity index (χ3n) is 5.30. The van der Waals surface area contributed by atoms with Gasteiger partial charge in [-0.05, 0) is 57.4 Å². The molecule has 4 aromatic rings. The number of thiazole rings is 1. The Bertz CT molecular complexity index is 1170. The molecule has 2 aromatic heterocycles. The first-order valence-corrected chi connectivity index (χ1v) is 10.9. The van der Waals surface area contributed by atoms with E-state index < -0.39 is 0 Å². The molecule has 28 heavy (non-hydrogen) atoms. The molecule has 0 amide bonds. The lowest BCUT2D eigenvalue weighted by Gasteiger charge is -2.19. The van der Waals surface area contributed by atoms with Gasteiger partial charge in [0.05, 0.1) is 27.8 Å². The summed E-state index contributed by atoms with van der Waals surface area (Å²) in [6.07, 6.45) is 1.03. The number of rotatable bonds is 3. The number of fused-ring (bicyclic) bond motifs is 2. The first-order valence-electron chi connectivity index (χ1n) is 10.1. The Kier molecular flexibility index (Phi) is 4.58. The molecule has 0 saturated heterocycles. The van der Waals surface area contributed by atoms with Crippen molar-refractivity contribution in [2.75, 3.05) is 0 Å². The highest BCUT2D eigenvalue weighted by Crippen LogP contribution is 2.37. The van der Waals surface area contributed by atoms with Crippen LogP contribution in [0.2, 0.25) is 0 Å². The Morgan fingerprint density at radius 1 is 1.11 bits per heavy atom. The highest BCUT2D eigenvalue weighted by molar-refractivity contribution is 7.18. The Morgan fingerprint density at radius 3 is 2.50 bits per heavy atom. The molecule has 4 heteroatoms. The van der Waals surface area contributed by atoms with E-state index in [4.69, 9.17) is 4.98 Å². The van der Waals surface area contributed by atoms with E-state index in [1.165, 1.54) is 37.7 Å². The summed E-state index contributed by atoms with van der Waals surface area (Å²) in [6, 6.07) is 13.2. The van der Waals surface area contributed by atoms with Gasteiger partial charge >= 0.3 is 0 Å². The fourth-order valence-corrected chi connectivity index (χ4v) is 5.32. The standard InChI is InChI=1S/C24H30N3S/c1-15(2)14-20-25-22-19(28-20)13-12-16(3)21(22)23-26(7)17-10-8-9-11-18(17)27(23)24(4,5)6/h8-13,15H,14H2,1-7H3/q+1. The van der Waals surface area contributed by atoms with E-state index >= 15 is 0 Å². The summed E-state index contributed by atoms with van der Waals surface area (Å²) in [6.45, 7) is 13.6. The van der Waals surface area contributed by atoms with Crippen LogP contribution in [0, 0.1) is 12.8 Å². The molecule has 0 aliphatic heterocycles. The molecule has 0 aliphatic carbocycles. The van der Waals surface area contributed by atoms with Gasteiger partial charge in [0, 0.05) is 6.42 Å². The zero-order valence-corrected chi connectivity index (χ0v) is 18.8. The van der Waals surface area contributed by atoms with Crippen molar-refractivity contribution in [3.05, 3.63) is 47.0 Å². The van der Waals surface area contributed by atoms with Crippen molar-refractivity contribution in [1.29, 1.82) is 0 Å². The minimum absolute atomic E-state index is 0.0401. The van der Waals surface area contributed by atoms with Gasteiger partial charge in [0.1, 0.15) is 5.54 Å². The molecule has 0 fully saturated rings. The molecular formula is C24H30N3S+. The second-order valence-corrected chi connectivity index (χ2v) is 10.3. The average Bonchev–Trinajstić information content (AvgIpc) is 3.13. The van der Waals surface area contributed by atoms with Crippen molar-refractivity contribution in [2.45, 2.75) is 53.5 Å². The highest BCUT2D eigenvalue weighted by Gasteiger charge is 2.34. The first-order chi connectivity index (χ1) is 13.2. The van der Waals surface area contributed by atoms with Crippen LogP contribution in [-0.4, -0.2) is 9.55 Å². The molecule has 0 saturated carbocycles. The van der Waals surface area contributed by atoms with Gasteiger partial charge in [0.15, 0.2) is 11.0 Å². The number of aryl methyl sites for hydroxylation is 2. The Morgan fingerprint density at radius 2 is 1.82 bits per heavy atom. The van der Waals surface area contributed by atoms with Gasteiger partial charge in [-0.15, -0.1) is 11.3 Å². The maximum Gasteiger partial charge on any atom is 0.292 e. The van der Waals surface area contributed by atoms with E-state index in [2.05, 4.69) is 94.1 Å². The summed E-state index contributed by atoms with van der Waals surface area (Å²) in [7, 11) is 2.18. The van der Waals surface area contributed by atoms with Gasteiger partial charge in [-0.25, -0.2) is 14.1 Å². The van der Waals surface area contributed by atoms with Gasteiger partial charge in [-0.1, -0.05) is 32.0 Å². The third kappa shape index (κ3) is 3.04. The van der Waals surface area contributed by atoms with Gasteiger partial charge in [0.25, 0.3) is 5.82 Å². The third-order valence-corrected chi connectivity index (χ3v) is 6.35. The summed E-state index contributed by atoms with van der Waals surface area (Å²) in [5.74, 6) is 1.85. The summed E-state index contributed by atoms with van der Waals surface area (Å²) in [5.41, 5.74) is 6.16. The summed E-state index contributed by atoms with van der Waals surface area (Å²) >= 11 is 1.84. The molecule has 0 N–H and O–H groups in total. The zero-order valence-electron chi connectivity index (χ0n) is 18.0. The minimum atomic E-state index is -0.0401. The van der Waals surface area contributed by atoms with E-state index in [-0.39, 0.29) is 5.54 Å². The maximum absolute atomic E-state index is 5.12. The monoisotopic (exact) mass is 392 g/mol. The number of imidazole rings is 1. The molecule has 2 aromatic carbocycles. The highest BCUT2D eigenvalue weighted by atomic mass is 32.1. The normalized spacial score (nSPS) is 12.6. The van der Waals surface area contributed by atoms with Crippen molar-refractivity contribution in [3.63, 3.8) is 0 Å². The summed E-state index contributed by atoms with van der Waals surface area (Å²) in [4.78, 5) is 5.12. The van der Waals surface area contributed by atoms with Gasteiger partial charge < -0.3 is 0 Å². The Hall–Kier alpha value is -2.20. The lowest BCUT2D eigenvalue weighted by Crippen LogP contribution is -2.33. The quantitative estimate of drug-likeness (QED) is 0.392. The summed E-state index contributed by atoms with van der Waals surface area (Å²) in [5, 5.41) is 1.23.